The summed E-state index contributed by atoms with van der Waals surface area (Å²) in [5.41, 5.74) is 0.725. The van der Waals surface area contributed by atoms with Crippen molar-refractivity contribution >= 4 is 5.91 Å². The fraction of sp³-hybridized carbons (Fsp3) is 0.588. The molecule has 20 heavy (non-hydrogen) atoms. The number of rotatable bonds is 5. The molecule has 0 heterocycles. The van der Waals surface area contributed by atoms with E-state index in [0.29, 0.717) is 6.54 Å². The van der Waals surface area contributed by atoms with Crippen LogP contribution in [-0.2, 0) is 10.2 Å². The van der Waals surface area contributed by atoms with Gasteiger partial charge in [0.1, 0.15) is 0 Å². The number of hydrogen-bond acceptors (Lipinski definition) is 2. The number of aliphatic hydroxyl groups is 1. The van der Waals surface area contributed by atoms with Crippen molar-refractivity contribution in [3.8, 4) is 0 Å². The Morgan fingerprint density at radius 3 is 2.35 bits per heavy atom. The van der Waals surface area contributed by atoms with Gasteiger partial charge in [0.25, 0.3) is 0 Å². The van der Waals surface area contributed by atoms with E-state index in [-0.39, 0.29) is 17.7 Å². The second-order valence-corrected chi connectivity index (χ2v) is 6.53. The van der Waals surface area contributed by atoms with Gasteiger partial charge in [-0.2, -0.15) is 0 Å². The molecule has 1 aromatic rings. The number of carbonyl (C=O) groups excluding carboxylic acids is 1. The summed E-state index contributed by atoms with van der Waals surface area (Å²) in [4.78, 5) is 12.0. The van der Waals surface area contributed by atoms with E-state index in [4.69, 9.17) is 0 Å². The average molecular weight is 273 g/mol. The monoisotopic (exact) mass is 273 g/mol. The van der Waals surface area contributed by atoms with Crippen LogP contribution in [0.15, 0.2) is 30.3 Å². The molecule has 2 N–H and O–H groups in total. The smallest absolute Gasteiger partial charge is 0.222 e. The first kappa shape index (κ1) is 13.6. The summed E-state index contributed by atoms with van der Waals surface area (Å²) in [5, 5.41) is 13.3. The molecule has 1 aromatic carbocycles. The predicted molar refractivity (Wildman–Crippen MR) is 78.4 cm³/mol. The first-order chi connectivity index (χ1) is 9.62. The van der Waals surface area contributed by atoms with Gasteiger partial charge in [-0.15, -0.1) is 0 Å². The zero-order valence-corrected chi connectivity index (χ0v) is 11.9. The van der Waals surface area contributed by atoms with Crippen LogP contribution in [0.3, 0.4) is 0 Å². The minimum atomic E-state index is -0.743. The summed E-state index contributed by atoms with van der Waals surface area (Å²) >= 11 is 0. The van der Waals surface area contributed by atoms with E-state index in [1.165, 1.54) is 5.56 Å². The lowest BCUT2D eigenvalue weighted by molar-refractivity contribution is -0.126. The van der Waals surface area contributed by atoms with Crippen molar-refractivity contribution in [3.63, 3.8) is 0 Å². The quantitative estimate of drug-likeness (QED) is 0.866. The van der Waals surface area contributed by atoms with E-state index < -0.39 is 5.60 Å². The molecule has 3 heteroatoms. The van der Waals surface area contributed by atoms with E-state index in [2.05, 4.69) is 29.6 Å². The van der Waals surface area contributed by atoms with Crippen LogP contribution in [0, 0.1) is 0 Å². The van der Waals surface area contributed by atoms with E-state index in [1.807, 2.05) is 6.07 Å². The maximum atomic E-state index is 12.0. The molecule has 2 aliphatic carbocycles. The van der Waals surface area contributed by atoms with Gasteiger partial charge in [-0.1, -0.05) is 43.2 Å². The Morgan fingerprint density at radius 1 is 1.10 bits per heavy atom. The van der Waals surface area contributed by atoms with Crippen LogP contribution in [0.4, 0.5) is 0 Å². The van der Waals surface area contributed by atoms with Crippen molar-refractivity contribution in [2.75, 3.05) is 6.54 Å². The van der Waals surface area contributed by atoms with E-state index in [9.17, 15) is 9.90 Å². The first-order valence-corrected chi connectivity index (χ1v) is 7.67. The molecule has 3 nitrogen and oxygen atoms in total. The van der Waals surface area contributed by atoms with Gasteiger partial charge in [-0.25, -0.2) is 0 Å². The summed E-state index contributed by atoms with van der Waals surface area (Å²) in [6.07, 6.45) is 6.16. The van der Waals surface area contributed by atoms with Gasteiger partial charge in [0.05, 0.1) is 12.0 Å². The van der Waals surface area contributed by atoms with Crippen molar-refractivity contribution in [1.82, 2.24) is 5.32 Å². The second-order valence-electron chi connectivity index (χ2n) is 6.53. The molecule has 0 atom stereocenters. The van der Waals surface area contributed by atoms with Gasteiger partial charge in [0.15, 0.2) is 0 Å². The lowest BCUT2D eigenvalue weighted by Crippen LogP contribution is -2.38. The van der Waals surface area contributed by atoms with Crippen molar-refractivity contribution < 1.29 is 9.90 Å². The van der Waals surface area contributed by atoms with E-state index in [0.717, 1.165) is 38.5 Å². The number of carbonyl (C=O) groups is 1. The first-order valence-electron chi connectivity index (χ1n) is 7.67. The zero-order valence-electron chi connectivity index (χ0n) is 11.9. The van der Waals surface area contributed by atoms with Crippen molar-refractivity contribution in [1.29, 1.82) is 0 Å². The van der Waals surface area contributed by atoms with Crippen LogP contribution in [0.2, 0.25) is 0 Å². The maximum absolute atomic E-state index is 12.0. The highest BCUT2D eigenvalue weighted by molar-refractivity contribution is 5.77. The Balaban J connectivity index is 1.53. The molecule has 0 aromatic heterocycles. The van der Waals surface area contributed by atoms with Crippen LogP contribution in [-0.4, -0.2) is 23.2 Å². The molecular formula is C17H23NO2. The topological polar surface area (TPSA) is 49.3 Å². The molecule has 0 bridgehead atoms. The number of amides is 1. The largest absolute Gasteiger partial charge is 0.389 e. The predicted octanol–water partition coefficient (Wildman–Crippen LogP) is 2.53. The Morgan fingerprint density at radius 2 is 1.75 bits per heavy atom. The summed E-state index contributed by atoms with van der Waals surface area (Å²) < 4.78 is 0. The minimum Gasteiger partial charge on any atom is -0.389 e. The van der Waals surface area contributed by atoms with Gasteiger partial charge in [-0.3, -0.25) is 4.79 Å². The normalized spacial score (nSPS) is 22.4. The minimum absolute atomic E-state index is 0.00314. The zero-order chi connectivity index (χ0) is 14.1. The van der Waals surface area contributed by atoms with Gasteiger partial charge in [0.2, 0.25) is 5.91 Å². The standard InChI is InChI=1S/C17H23NO2/c19-15(12-17(20)8-4-5-9-17)18-13-16(10-11-16)14-6-2-1-3-7-14/h1-3,6-7,20H,4-5,8-13H2,(H,18,19). The SMILES string of the molecule is O=C(CC1(O)CCCC1)NCC1(c2ccccc2)CC1. The molecule has 2 saturated carbocycles. The van der Waals surface area contributed by atoms with Crippen LogP contribution in [0.5, 0.6) is 0 Å². The second kappa shape index (κ2) is 5.21. The van der Waals surface area contributed by atoms with Gasteiger partial charge in [0, 0.05) is 12.0 Å². The Labute approximate surface area is 120 Å². The van der Waals surface area contributed by atoms with Crippen molar-refractivity contribution in [3.05, 3.63) is 35.9 Å². The van der Waals surface area contributed by atoms with Crippen molar-refractivity contribution in [2.45, 2.75) is 56.0 Å². The lowest BCUT2D eigenvalue weighted by Gasteiger charge is -2.22. The van der Waals surface area contributed by atoms with Crippen LogP contribution < -0.4 is 5.32 Å². The van der Waals surface area contributed by atoms with E-state index in [1.54, 1.807) is 0 Å². The summed E-state index contributed by atoms with van der Waals surface area (Å²) in [6.45, 7) is 0.700. The van der Waals surface area contributed by atoms with E-state index >= 15 is 0 Å². The Bertz CT molecular complexity index is 473. The Hall–Kier alpha value is -1.35. The van der Waals surface area contributed by atoms with Gasteiger partial charge in [-0.05, 0) is 31.2 Å². The third-order valence-corrected chi connectivity index (χ3v) is 4.89. The van der Waals surface area contributed by atoms with Crippen LogP contribution in [0.25, 0.3) is 0 Å². The molecule has 108 valence electrons. The summed E-state index contributed by atoms with van der Waals surface area (Å²) in [5.74, 6) is -0.00314. The molecule has 0 spiro atoms. The molecule has 0 radical (unpaired) electrons. The summed E-state index contributed by atoms with van der Waals surface area (Å²) in [7, 11) is 0. The van der Waals surface area contributed by atoms with Gasteiger partial charge >= 0.3 is 0 Å². The maximum Gasteiger partial charge on any atom is 0.222 e. The van der Waals surface area contributed by atoms with Crippen LogP contribution in [0.1, 0.15) is 50.5 Å². The fourth-order valence-electron chi connectivity index (χ4n) is 3.35. The number of nitrogens with one attached hydrogen (secondary N) is 1. The third kappa shape index (κ3) is 2.88. The van der Waals surface area contributed by atoms with Crippen LogP contribution >= 0.6 is 0 Å². The molecule has 0 saturated heterocycles. The fourth-order valence-corrected chi connectivity index (χ4v) is 3.35. The molecule has 0 unspecified atom stereocenters. The molecule has 0 aliphatic heterocycles. The molecule has 1 amide bonds. The molecular weight excluding hydrogens is 250 g/mol. The highest BCUT2D eigenvalue weighted by Gasteiger charge is 2.44. The number of hydrogen-bond donors (Lipinski definition) is 2. The highest BCUT2D eigenvalue weighted by Crippen LogP contribution is 2.47. The highest BCUT2D eigenvalue weighted by atomic mass is 16.3. The summed E-state index contributed by atoms with van der Waals surface area (Å²) in [6, 6.07) is 10.4. The number of benzene rings is 1. The molecule has 2 fully saturated rings. The molecule has 2 aliphatic rings. The average Bonchev–Trinajstić information content (AvgIpc) is 3.14. The molecule has 3 rings (SSSR count). The third-order valence-electron chi connectivity index (χ3n) is 4.89. The lowest BCUT2D eigenvalue weighted by atomic mass is 9.95. The van der Waals surface area contributed by atoms with Gasteiger partial charge < -0.3 is 10.4 Å². The Kier molecular flexibility index (Phi) is 3.55. The van der Waals surface area contributed by atoms with Crippen molar-refractivity contribution in [2.24, 2.45) is 0 Å².